The van der Waals surface area contributed by atoms with E-state index in [-0.39, 0.29) is 39.0 Å². The minimum atomic E-state index is 0. The molecule has 3 aromatic carbocycles. The van der Waals surface area contributed by atoms with Gasteiger partial charge < -0.3 is 0 Å². The first-order chi connectivity index (χ1) is 45.4. The van der Waals surface area contributed by atoms with Crippen molar-refractivity contribution in [1.82, 2.24) is 79.7 Å². The molecule has 15 rings (SSSR count). The second-order valence-corrected chi connectivity index (χ2v) is 22.0. The maximum absolute atomic E-state index is 4.78. The molecule has 0 atom stereocenters. The summed E-state index contributed by atoms with van der Waals surface area (Å²) >= 11 is 6.98. The van der Waals surface area contributed by atoms with Gasteiger partial charge in [0.1, 0.15) is 22.8 Å². The zero-order chi connectivity index (χ0) is 62.3. The topological polar surface area (TPSA) is 206 Å². The van der Waals surface area contributed by atoms with Crippen LogP contribution in [0.3, 0.4) is 0 Å². The van der Waals surface area contributed by atoms with Crippen molar-refractivity contribution in [3.8, 4) is 137 Å². The van der Waals surface area contributed by atoms with Gasteiger partial charge in [0.05, 0.1) is 45.6 Å². The Morgan fingerprint density at radius 3 is 0.585 bits per heavy atom. The van der Waals surface area contributed by atoms with Crippen LogP contribution in [0.15, 0.2) is 301 Å². The van der Waals surface area contributed by atoms with Gasteiger partial charge in [-0.1, -0.05) is 129 Å². The molecule has 0 radical (unpaired) electrons. The molecule has 0 aliphatic heterocycles. The van der Waals surface area contributed by atoms with Crippen LogP contribution in [0.4, 0.5) is 0 Å². The van der Waals surface area contributed by atoms with Gasteiger partial charge in [-0.3, -0.25) is 39.9 Å². The SMILES string of the molecule is Brc1ccc(-c2cc(-c3ccccn3)nc(-c3ccccn3)c2)cc1.Brc1ccc(-c2cc(-c3ccccn3)nc(-c3ccccn3)c2)cc1.[Ru].[Ru].c1ccc(-c2nc(-c3ccc(-c4nc(-c5ccccn5)nc(-c5ccccn5)n4)cc3)nc(-c3ccccn3)n2)nc1. The number of hydrogen-bond acceptors (Lipinski definition) is 16. The molecular formula is C74H48Br2N16Ru2. The van der Waals surface area contributed by atoms with Crippen molar-refractivity contribution in [3.63, 3.8) is 0 Å². The number of halogens is 2. The number of pyridine rings is 10. The van der Waals surface area contributed by atoms with Gasteiger partial charge in [-0.05, 0) is 168 Å². The van der Waals surface area contributed by atoms with Gasteiger partial charge in [-0.15, -0.1) is 0 Å². The van der Waals surface area contributed by atoms with Crippen molar-refractivity contribution in [3.05, 3.63) is 301 Å². The Balaban J connectivity index is 0.000000150. The van der Waals surface area contributed by atoms with Crippen molar-refractivity contribution >= 4 is 31.9 Å². The Labute approximate surface area is 583 Å². The van der Waals surface area contributed by atoms with Crippen molar-refractivity contribution in [2.75, 3.05) is 0 Å². The van der Waals surface area contributed by atoms with E-state index in [9.17, 15) is 0 Å². The Morgan fingerprint density at radius 1 is 0.170 bits per heavy atom. The second kappa shape index (κ2) is 31.6. The number of aromatic nitrogens is 16. The van der Waals surface area contributed by atoms with Crippen LogP contribution in [0.5, 0.6) is 0 Å². The van der Waals surface area contributed by atoms with E-state index < -0.39 is 0 Å². The van der Waals surface area contributed by atoms with E-state index in [4.69, 9.17) is 29.9 Å². The predicted molar refractivity (Wildman–Crippen MR) is 365 cm³/mol. The third-order valence-electron chi connectivity index (χ3n) is 14.0. The molecule has 12 heterocycles. The average Bonchev–Trinajstić information content (AvgIpc) is 0.853. The molecule has 0 N–H and O–H groups in total. The van der Waals surface area contributed by atoms with Gasteiger partial charge in [0.15, 0.2) is 34.9 Å². The molecule has 0 unspecified atom stereocenters. The molecule has 0 aliphatic rings. The summed E-state index contributed by atoms with van der Waals surface area (Å²) in [6.07, 6.45) is 14.0. The van der Waals surface area contributed by atoms with Gasteiger partial charge in [-0.25, -0.2) is 39.9 Å². The first-order valence-corrected chi connectivity index (χ1v) is 30.5. The minimum absolute atomic E-state index is 0. The van der Waals surface area contributed by atoms with Crippen LogP contribution in [0.2, 0.25) is 0 Å². The molecule has 0 amide bonds. The van der Waals surface area contributed by atoms with E-state index in [1.54, 1.807) is 49.6 Å². The summed E-state index contributed by atoms with van der Waals surface area (Å²) in [4.78, 5) is 73.3. The van der Waals surface area contributed by atoms with Gasteiger partial charge >= 0.3 is 0 Å². The van der Waals surface area contributed by atoms with Gasteiger partial charge in [0.25, 0.3) is 0 Å². The van der Waals surface area contributed by atoms with Crippen LogP contribution in [0.25, 0.3) is 137 Å². The summed E-state index contributed by atoms with van der Waals surface area (Å²) in [5, 5.41) is 0. The quantitative estimate of drug-likeness (QED) is 0.104. The first kappa shape index (κ1) is 64.9. The fourth-order valence-corrected chi connectivity index (χ4v) is 10.0. The minimum Gasteiger partial charge on any atom is -0.255 e. The standard InChI is InChI=1S/C32H20N10.2C21H14BrN3.2Ru/c1-5-17-33-23(9-1)29-37-27(38-30(41-29)24-10-2-6-18-34-24)21-13-15-22(16-14-21)28-39-31(25-11-3-7-19-35-25)42-32(40-28)26-12-4-8-20-36-26;2*22-17-9-7-15(8-10-17)16-13-20(18-5-1-3-11-23-18)25-21(14-16)19-6-2-4-12-24-19;;/h1-20H;2*1-14H;;. The van der Waals surface area contributed by atoms with Crippen molar-refractivity contribution in [2.24, 2.45) is 0 Å². The predicted octanol–water partition coefficient (Wildman–Crippen LogP) is 16.9. The summed E-state index contributed by atoms with van der Waals surface area (Å²) in [5.41, 5.74) is 15.3. The maximum atomic E-state index is 4.78. The fourth-order valence-electron chi connectivity index (χ4n) is 9.48. The number of nitrogens with zero attached hydrogens (tertiary/aromatic N) is 16. The van der Waals surface area contributed by atoms with Gasteiger partial charge in [0, 0.05) is 109 Å². The molecule has 0 aliphatic carbocycles. The summed E-state index contributed by atoms with van der Waals surface area (Å²) in [7, 11) is 0. The molecule has 94 heavy (non-hydrogen) atoms. The largest absolute Gasteiger partial charge is 0.255 e. The van der Waals surface area contributed by atoms with E-state index in [1.807, 2.05) is 194 Å². The Bertz CT molecular complexity index is 4360. The Hall–Kier alpha value is -10.6. The van der Waals surface area contributed by atoms with E-state index in [1.165, 1.54) is 0 Å². The summed E-state index contributed by atoms with van der Waals surface area (Å²) in [6, 6.07) is 78.3. The third-order valence-corrected chi connectivity index (χ3v) is 15.0. The summed E-state index contributed by atoms with van der Waals surface area (Å²) in [6.45, 7) is 0. The zero-order valence-electron chi connectivity index (χ0n) is 49.3. The second-order valence-electron chi connectivity index (χ2n) is 20.2. The number of hydrogen-bond donors (Lipinski definition) is 0. The monoisotopic (exact) mass is 1520 g/mol. The van der Waals surface area contributed by atoms with Crippen LogP contribution in [0.1, 0.15) is 0 Å². The molecule has 12 aromatic heterocycles. The summed E-state index contributed by atoms with van der Waals surface area (Å²) < 4.78 is 2.11. The van der Waals surface area contributed by atoms with Crippen molar-refractivity contribution < 1.29 is 39.0 Å². The first-order valence-electron chi connectivity index (χ1n) is 28.9. The molecule has 454 valence electrons. The molecule has 0 spiro atoms. The molecular weight excluding hydrogens is 1470 g/mol. The van der Waals surface area contributed by atoms with Crippen LogP contribution >= 0.6 is 31.9 Å². The molecule has 0 saturated heterocycles. The molecule has 15 aromatic rings. The van der Waals surface area contributed by atoms with E-state index in [0.717, 1.165) is 87.9 Å². The Kier molecular flexibility index (Phi) is 21.8. The summed E-state index contributed by atoms with van der Waals surface area (Å²) in [5.74, 6) is 2.84. The maximum Gasteiger partial charge on any atom is 0.182 e. The number of benzene rings is 3. The van der Waals surface area contributed by atoms with Crippen molar-refractivity contribution in [2.45, 2.75) is 0 Å². The normalized spacial score (nSPS) is 10.5. The van der Waals surface area contributed by atoms with Crippen LogP contribution < -0.4 is 0 Å². The molecule has 0 fully saturated rings. The van der Waals surface area contributed by atoms with Gasteiger partial charge in [-0.2, -0.15) is 0 Å². The molecule has 0 saturated carbocycles. The molecule has 0 bridgehead atoms. The third kappa shape index (κ3) is 16.3. The van der Waals surface area contributed by atoms with Crippen LogP contribution in [-0.4, -0.2) is 79.7 Å². The van der Waals surface area contributed by atoms with E-state index in [0.29, 0.717) is 57.7 Å². The van der Waals surface area contributed by atoms with Crippen molar-refractivity contribution in [1.29, 1.82) is 0 Å². The van der Waals surface area contributed by atoms with Crippen LogP contribution in [-0.2, 0) is 39.0 Å². The molecule has 16 nitrogen and oxygen atoms in total. The van der Waals surface area contributed by atoms with Crippen LogP contribution in [0, 0.1) is 0 Å². The fraction of sp³-hybridized carbons (Fsp3) is 0. The van der Waals surface area contributed by atoms with E-state index >= 15 is 0 Å². The smallest absolute Gasteiger partial charge is 0.182 e. The molecule has 20 heteroatoms. The average molecular weight is 1520 g/mol. The van der Waals surface area contributed by atoms with E-state index in [2.05, 4.69) is 130 Å². The zero-order valence-corrected chi connectivity index (χ0v) is 56.0. The number of rotatable bonds is 12. The van der Waals surface area contributed by atoms with Gasteiger partial charge in [0.2, 0.25) is 0 Å². The Morgan fingerprint density at radius 2 is 0.372 bits per heavy atom.